The van der Waals surface area contributed by atoms with Crippen LogP contribution in [0.1, 0.15) is 12.7 Å². The van der Waals surface area contributed by atoms with Gasteiger partial charge in [0.25, 0.3) is 5.95 Å². The molecule has 3 aromatic heterocycles. The predicted octanol–water partition coefficient (Wildman–Crippen LogP) is 3.61. The van der Waals surface area contributed by atoms with E-state index in [1.165, 1.54) is 0 Å². The molecule has 0 radical (unpaired) electrons. The first-order valence-corrected chi connectivity index (χ1v) is 7.82. The van der Waals surface area contributed by atoms with Crippen LogP contribution in [0.4, 0.5) is 5.95 Å². The van der Waals surface area contributed by atoms with Gasteiger partial charge in [-0.1, -0.05) is 18.2 Å². The van der Waals surface area contributed by atoms with E-state index in [0.29, 0.717) is 5.95 Å². The molecule has 4 rings (SSSR count). The average molecular weight is 332 g/mol. The van der Waals surface area contributed by atoms with E-state index in [4.69, 9.17) is 4.42 Å². The van der Waals surface area contributed by atoms with Gasteiger partial charge in [0.1, 0.15) is 11.3 Å². The van der Waals surface area contributed by atoms with E-state index in [0.717, 1.165) is 33.5 Å². The number of aryl methyl sites for hydroxylation is 1. The Kier molecular flexibility index (Phi) is 3.74. The summed E-state index contributed by atoms with van der Waals surface area (Å²) in [5, 5.41) is 13.7. The Morgan fingerprint density at radius 1 is 1.20 bits per heavy atom. The number of nitrogens with one attached hydrogen (secondary N) is 1. The number of aromatic nitrogens is 4. The van der Waals surface area contributed by atoms with E-state index in [1.54, 1.807) is 6.26 Å². The number of hydrazone groups is 1. The number of fused-ring (bicyclic) bond motifs is 3. The maximum absolute atomic E-state index is 5.24. The van der Waals surface area contributed by atoms with Crippen molar-refractivity contribution in [2.45, 2.75) is 6.92 Å². The highest BCUT2D eigenvalue weighted by Gasteiger charge is 2.11. The maximum Gasteiger partial charge on any atom is 0.265 e. The molecule has 0 fully saturated rings. The summed E-state index contributed by atoms with van der Waals surface area (Å²) in [7, 11) is 1.96. The lowest BCUT2D eigenvalue weighted by Crippen LogP contribution is -2.02. The second kappa shape index (κ2) is 6.20. The lowest BCUT2D eigenvalue weighted by molar-refractivity contribution is 0.557. The molecule has 0 aliphatic heterocycles. The number of rotatable bonds is 4. The molecular weight excluding hydrogens is 316 g/mol. The topological polar surface area (TPSA) is 81.1 Å². The highest BCUT2D eigenvalue weighted by Crippen LogP contribution is 2.24. The zero-order valence-corrected chi connectivity index (χ0v) is 13.8. The first-order valence-electron chi connectivity index (χ1n) is 7.82. The number of allylic oxidation sites excluding steroid dienone is 1. The standard InChI is InChI=1S/C18H16N6O/c1-12(9-10-13-6-5-11-25-13)20-22-18-19-17-16(21-23-18)14-7-3-4-8-15(14)24(17)2/h3-11H,1-2H3,(H,19,22,23). The number of anilines is 1. The predicted molar refractivity (Wildman–Crippen MR) is 98.3 cm³/mol. The molecule has 0 bridgehead atoms. The molecule has 3 heterocycles. The second-order valence-corrected chi connectivity index (χ2v) is 5.60. The van der Waals surface area contributed by atoms with Crippen molar-refractivity contribution in [3.8, 4) is 0 Å². The number of furan rings is 1. The third-order valence-corrected chi connectivity index (χ3v) is 3.87. The normalized spacial score (nSPS) is 12.5. The molecule has 0 aliphatic carbocycles. The Balaban J connectivity index is 1.60. The van der Waals surface area contributed by atoms with Crippen LogP contribution in [0.3, 0.4) is 0 Å². The highest BCUT2D eigenvalue weighted by atomic mass is 16.3. The summed E-state index contributed by atoms with van der Waals surface area (Å²) in [6.07, 6.45) is 5.31. The molecule has 0 saturated heterocycles. The summed E-state index contributed by atoms with van der Waals surface area (Å²) in [5.41, 5.74) is 6.22. The zero-order valence-electron chi connectivity index (χ0n) is 13.8. The van der Waals surface area contributed by atoms with Crippen molar-refractivity contribution in [1.82, 2.24) is 19.7 Å². The first kappa shape index (κ1) is 15.1. The van der Waals surface area contributed by atoms with Crippen molar-refractivity contribution in [1.29, 1.82) is 0 Å². The van der Waals surface area contributed by atoms with Gasteiger partial charge in [-0.15, -0.1) is 10.2 Å². The van der Waals surface area contributed by atoms with Crippen LogP contribution in [0, 0.1) is 0 Å². The van der Waals surface area contributed by atoms with Gasteiger partial charge in [0, 0.05) is 12.4 Å². The van der Waals surface area contributed by atoms with E-state index < -0.39 is 0 Å². The second-order valence-electron chi connectivity index (χ2n) is 5.60. The van der Waals surface area contributed by atoms with Crippen LogP contribution in [-0.2, 0) is 7.05 Å². The first-order chi connectivity index (χ1) is 12.2. The molecule has 0 atom stereocenters. The summed E-state index contributed by atoms with van der Waals surface area (Å²) < 4.78 is 7.24. The molecule has 7 heteroatoms. The third-order valence-electron chi connectivity index (χ3n) is 3.87. The van der Waals surface area contributed by atoms with E-state index in [9.17, 15) is 0 Å². The van der Waals surface area contributed by atoms with Crippen molar-refractivity contribution in [2.24, 2.45) is 12.1 Å². The van der Waals surface area contributed by atoms with Crippen molar-refractivity contribution >= 4 is 39.8 Å². The minimum Gasteiger partial charge on any atom is -0.465 e. The Labute approximate surface area is 143 Å². The summed E-state index contributed by atoms with van der Waals surface area (Å²) >= 11 is 0. The van der Waals surface area contributed by atoms with Gasteiger partial charge in [0.2, 0.25) is 0 Å². The molecular formula is C18H16N6O. The Hall–Kier alpha value is -3.48. The van der Waals surface area contributed by atoms with Gasteiger partial charge in [-0.3, -0.25) is 0 Å². The van der Waals surface area contributed by atoms with Gasteiger partial charge >= 0.3 is 0 Å². The Morgan fingerprint density at radius 2 is 2.08 bits per heavy atom. The van der Waals surface area contributed by atoms with Crippen molar-refractivity contribution in [2.75, 3.05) is 5.43 Å². The van der Waals surface area contributed by atoms with E-state index in [2.05, 4.69) is 25.7 Å². The lowest BCUT2D eigenvalue weighted by atomic mass is 10.2. The highest BCUT2D eigenvalue weighted by molar-refractivity contribution is 6.04. The minimum absolute atomic E-state index is 0.351. The van der Waals surface area contributed by atoms with Gasteiger partial charge in [-0.2, -0.15) is 10.1 Å². The van der Waals surface area contributed by atoms with Gasteiger partial charge < -0.3 is 8.98 Å². The number of nitrogens with zero attached hydrogens (tertiary/aromatic N) is 5. The monoisotopic (exact) mass is 332 g/mol. The fourth-order valence-electron chi connectivity index (χ4n) is 2.62. The van der Waals surface area contributed by atoms with E-state index in [1.807, 2.05) is 67.1 Å². The van der Waals surface area contributed by atoms with Crippen LogP contribution < -0.4 is 5.43 Å². The van der Waals surface area contributed by atoms with Crippen molar-refractivity contribution < 1.29 is 4.42 Å². The van der Waals surface area contributed by atoms with Crippen LogP contribution >= 0.6 is 0 Å². The molecule has 1 N–H and O–H groups in total. The van der Waals surface area contributed by atoms with Crippen molar-refractivity contribution in [3.05, 3.63) is 54.5 Å². The van der Waals surface area contributed by atoms with Crippen LogP contribution in [0.15, 0.2) is 58.3 Å². The summed E-state index contributed by atoms with van der Waals surface area (Å²) in [5.74, 6) is 1.12. The molecule has 124 valence electrons. The number of hydrogen-bond donors (Lipinski definition) is 1. The van der Waals surface area contributed by atoms with E-state index >= 15 is 0 Å². The number of hydrogen-bond acceptors (Lipinski definition) is 6. The summed E-state index contributed by atoms with van der Waals surface area (Å²) in [6.45, 7) is 1.87. The Bertz CT molecular complexity index is 1090. The molecule has 4 aromatic rings. The quantitative estimate of drug-likeness (QED) is 0.456. The minimum atomic E-state index is 0.351. The molecule has 0 saturated carbocycles. The molecule has 0 amide bonds. The average Bonchev–Trinajstić information content (AvgIpc) is 3.26. The van der Waals surface area contributed by atoms with E-state index in [-0.39, 0.29) is 0 Å². The number of benzene rings is 1. The van der Waals surface area contributed by atoms with Gasteiger partial charge in [-0.25, -0.2) is 5.43 Å². The van der Waals surface area contributed by atoms with Gasteiger partial charge in [0.15, 0.2) is 5.65 Å². The van der Waals surface area contributed by atoms with Crippen LogP contribution in [0.25, 0.3) is 28.1 Å². The molecule has 0 unspecified atom stereocenters. The SMILES string of the molecule is CC(C=Cc1ccco1)=NNc1nnc2c3ccccc3n(C)c2n1. The number of para-hydroxylation sites is 1. The van der Waals surface area contributed by atoms with Gasteiger partial charge in [0.05, 0.1) is 17.5 Å². The van der Waals surface area contributed by atoms with Crippen LogP contribution in [-0.4, -0.2) is 25.5 Å². The Morgan fingerprint density at radius 3 is 2.92 bits per heavy atom. The molecule has 0 spiro atoms. The van der Waals surface area contributed by atoms with Crippen LogP contribution in [0.2, 0.25) is 0 Å². The fourth-order valence-corrected chi connectivity index (χ4v) is 2.62. The molecule has 1 aromatic carbocycles. The van der Waals surface area contributed by atoms with Crippen LogP contribution in [0.5, 0.6) is 0 Å². The van der Waals surface area contributed by atoms with Crippen molar-refractivity contribution in [3.63, 3.8) is 0 Å². The summed E-state index contributed by atoms with van der Waals surface area (Å²) in [4.78, 5) is 4.52. The smallest absolute Gasteiger partial charge is 0.265 e. The largest absolute Gasteiger partial charge is 0.465 e. The molecule has 0 aliphatic rings. The lowest BCUT2D eigenvalue weighted by Gasteiger charge is -2.00. The summed E-state index contributed by atoms with van der Waals surface area (Å²) in [6, 6.07) is 11.7. The molecule has 25 heavy (non-hydrogen) atoms. The fraction of sp³-hybridized carbons (Fsp3) is 0.111. The molecule has 7 nitrogen and oxygen atoms in total. The maximum atomic E-state index is 5.24. The zero-order chi connectivity index (χ0) is 17.2. The van der Waals surface area contributed by atoms with Gasteiger partial charge in [-0.05, 0) is 37.3 Å². The third kappa shape index (κ3) is 2.87.